The molecule has 2 nitrogen and oxygen atoms in total. The van der Waals surface area contributed by atoms with Gasteiger partial charge in [0.05, 0.1) is 12.2 Å². The van der Waals surface area contributed by atoms with Crippen LogP contribution in [-0.4, -0.2) is 12.1 Å². The molecule has 0 aliphatic rings. The van der Waals surface area contributed by atoms with Crippen LogP contribution in [0.15, 0.2) is 18.2 Å². The highest BCUT2D eigenvalue weighted by molar-refractivity contribution is 5.39. The van der Waals surface area contributed by atoms with Crippen LogP contribution >= 0.6 is 0 Å². The summed E-state index contributed by atoms with van der Waals surface area (Å²) in [5.41, 5.74) is 5.45. The van der Waals surface area contributed by atoms with Crippen LogP contribution in [0.2, 0.25) is 0 Å². The summed E-state index contributed by atoms with van der Waals surface area (Å²) in [6.45, 7) is 6.18. The molecule has 0 saturated heterocycles. The van der Waals surface area contributed by atoms with Gasteiger partial charge in [-0.3, -0.25) is 0 Å². The molecule has 0 spiro atoms. The third-order valence-corrected chi connectivity index (χ3v) is 3.91. The monoisotopic (exact) mass is 345 g/mol. The number of halogens is 3. The molecular formula is C19H30F3NO. The maximum Gasteiger partial charge on any atom is 0.419 e. The molecule has 138 valence electrons. The van der Waals surface area contributed by atoms with E-state index in [1.165, 1.54) is 12.1 Å². The predicted molar refractivity (Wildman–Crippen MR) is 92.3 cm³/mol. The summed E-state index contributed by atoms with van der Waals surface area (Å²) in [6, 6.07) is 4.33. The molecular weight excluding hydrogens is 315 g/mol. The van der Waals surface area contributed by atoms with Gasteiger partial charge < -0.3 is 10.5 Å². The van der Waals surface area contributed by atoms with E-state index in [4.69, 9.17) is 10.5 Å². The molecule has 0 heterocycles. The number of hydrogen-bond acceptors (Lipinski definition) is 2. The number of aryl methyl sites for hydroxylation is 1. The van der Waals surface area contributed by atoms with Gasteiger partial charge in [-0.1, -0.05) is 38.7 Å². The van der Waals surface area contributed by atoms with Gasteiger partial charge in [-0.05, 0) is 50.8 Å². The van der Waals surface area contributed by atoms with Crippen molar-refractivity contribution in [2.45, 2.75) is 77.4 Å². The zero-order chi connectivity index (χ0) is 18.2. The van der Waals surface area contributed by atoms with Gasteiger partial charge in [-0.25, -0.2) is 0 Å². The largest absolute Gasteiger partial charge is 0.493 e. The van der Waals surface area contributed by atoms with E-state index in [2.05, 4.69) is 6.92 Å². The summed E-state index contributed by atoms with van der Waals surface area (Å²) in [7, 11) is 0. The molecule has 0 aromatic heterocycles. The van der Waals surface area contributed by atoms with E-state index in [-0.39, 0.29) is 5.75 Å². The summed E-state index contributed by atoms with van der Waals surface area (Å²) in [5, 5.41) is 0. The minimum Gasteiger partial charge on any atom is -0.493 e. The molecule has 0 fully saturated rings. The Morgan fingerprint density at radius 1 is 1.04 bits per heavy atom. The molecule has 1 rings (SSSR count). The van der Waals surface area contributed by atoms with Crippen molar-refractivity contribution in [1.29, 1.82) is 0 Å². The first-order valence-corrected chi connectivity index (χ1v) is 8.75. The quantitative estimate of drug-likeness (QED) is 0.550. The van der Waals surface area contributed by atoms with Gasteiger partial charge in [0.2, 0.25) is 0 Å². The van der Waals surface area contributed by atoms with Crippen molar-refractivity contribution in [3.05, 3.63) is 29.3 Å². The first-order valence-electron chi connectivity index (χ1n) is 8.75. The maximum absolute atomic E-state index is 13.3. The highest BCUT2D eigenvalue weighted by atomic mass is 19.4. The SMILES string of the molecule is CCCCCCCOc1ccc(CCC(C)(C)N)cc1C(F)(F)F. The van der Waals surface area contributed by atoms with E-state index in [1.807, 2.05) is 13.8 Å². The lowest BCUT2D eigenvalue weighted by Crippen LogP contribution is -2.32. The van der Waals surface area contributed by atoms with Crippen LogP contribution in [0.4, 0.5) is 13.2 Å². The lowest BCUT2D eigenvalue weighted by Gasteiger charge is -2.19. The van der Waals surface area contributed by atoms with Crippen molar-refractivity contribution < 1.29 is 17.9 Å². The van der Waals surface area contributed by atoms with Crippen LogP contribution < -0.4 is 10.5 Å². The van der Waals surface area contributed by atoms with Gasteiger partial charge in [-0.15, -0.1) is 0 Å². The fourth-order valence-corrected chi connectivity index (χ4v) is 2.43. The van der Waals surface area contributed by atoms with E-state index < -0.39 is 17.3 Å². The van der Waals surface area contributed by atoms with E-state index in [9.17, 15) is 13.2 Å². The molecule has 5 heteroatoms. The van der Waals surface area contributed by atoms with Crippen LogP contribution in [0.1, 0.15) is 70.4 Å². The number of unbranched alkanes of at least 4 members (excludes halogenated alkanes) is 4. The normalized spacial score (nSPS) is 12.5. The summed E-state index contributed by atoms with van der Waals surface area (Å²) in [4.78, 5) is 0. The van der Waals surface area contributed by atoms with E-state index >= 15 is 0 Å². The number of benzene rings is 1. The summed E-state index contributed by atoms with van der Waals surface area (Å²) < 4.78 is 45.2. The number of ether oxygens (including phenoxy) is 1. The maximum atomic E-state index is 13.3. The second kappa shape index (κ2) is 9.30. The zero-order valence-electron chi connectivity index (χ0n) is 15.0. The lowest BCUT2D eigenvalue weighted by atomic mass is 9.95. The van der Waals surface area contributed by atoms with Gasteiger partial charge in [0, 0.05) is 5.54 Å². The average Bonchev–Trinajstić information content (AvgIpc) is 2.47. The fourth-order valence-electron chi connectivity index (χ4n) is 2.43. The molecule has 0 saturated carbocycles. The van der Waals surface area contributed by atoms with Crippen LogP contribution in [0.3, 0.4) is 0 Å². The molecule has 0 unspecified atom stereocenters. The second-order valence-electron chi connectivity index (χ2n) is 7.08. The van der Waals surface area contributed by atoms with Gasteiger partial charge >= 0.3 is 6.18 Å². The average molecular weight is 345 g/mol. The molecule has 0 aliphatic heterocycles. The number of hydrogen-bond donors (Lipinski definition) is 1. The predicted octanol–water partition coefficient (Wildman–Crippen LogP) is 5.72. The van der Waals surface area contributed by atoms with Crippen LogP contribution in [0.25, 0.3) is 0 Å². The first-order chi connectivity index (χ1) is 11.1. The van der Waals surface area contributed by atoms with Gasteiger partial charge in [-0.2, -0.15) is 13.2 Å². The minimum atomic E-state index is -4.41. The van der Waals surface area contributed by atoms with Gasteiger partial charge in [0.15, 0.2) is 0 Å². The molecule has 24 heavy (non-hydrogen) atoms. The Morgan fingerprint density at radius 2 is 1.71 bits per heavy atom. The Labute approximate surface area is 143 Å². The van der Waals surface area contributed by atoms with Crippen molar-refractivity contribution in [1.82, 2.24) is 0 Å². The summed E-state index contributed by atoms with van der Waals surface area (Å²) >= 11 is 0. The topological polar surface area (TPSA) is 35.2 Å². The first kappa shape index (κ1) is 20.8. The standard InChI is InChI=1S/C19H30F3NO/c1-4-5-6-7-8-13-24-17-10-9-15(11-12-18(2,3)23)14-16(17)19(20,21)22/h9-10,14H,4-8,11-13,23H2,1-3H3. The molecule has 1 aromatic carbocycles. The molecule has 0 bridgehead atoms. The third kappa shape index (κ3) is 8.04. The molecule has 0 amide bonds. The Balaban J connectivity index is 2.70. The Kier molecular flexibility index (Phi) is 8.07. The van der Waals surface area contributed by atoms with E-state index in [1.54, 1.807) is 6.07 Å². The Hall–Kier alpha value is -1.23. The van der Waals surface area contributed by atoms with Crippen LogP contribution in [-0.2, 0) is 12.6 Å². The number of nitrogens with two attached hydrogens (primary N) is 1. The highest BCUT2D eigenvalue weighted by Crippen LogP contribution is 2.37. The molecule has 2 N–H and O–H groups in total. The summed E-state index contributed by atoms with van der Waals surface area (Å²) in [5.74, 6) is -0.0752. The van der Waals surface area contributed by atoms with E-state index in [0.717, 1.165) is 32.1 Å². The fraction of sp³-hybridized carbons (Fsp3) is 0.684. The smallest absolute Gasteiger partial charge is 0.419 e. The van der Waals surface area contributed by atoms with Crippen LogP contribution in [0, 0.1) is 0 Å². The molecule has 0 atom stereocenters. The third-order valence-electron chi connectivity index (χ3n) is 3.91. The Bertz CT molecular complexity index is 492. The zero-order valence-corrected chi connectivity index (χ0v) is 15.0. The second-order valence-corrected chi connectivity index (χ2v) is 7.08. The highest BCUT2D eigenvalue weighted by Gasteiger charge is 2.34. The van der Waals surface area contributed by atoms with Gasteiger partial charge in [0.1, 0.15) is 5.75 Å². The van der Waals surface area contributed by atoms with Crippen molar-refractivity contribution in [3.63, 3.8) is 0 Å². The summed E-state index contributed by atoms with van der Waals surface area (Å²) in [6.07, 6.45) is 1.89. The van der Waals surface area contributed by atoms with Crippen LogP contribution in [0.5, 0.6) is 5.75 Å². The van der Waals surface area contributed by atoms with E-state index in [0.29, 0.717) is 25.0 Å². The van der Waals surface area contributed by atoms with Crippen molar-refractivity contribution in [2.75, 3.05) is 6.61 Å². The molecule has 0 radical (unpaired) electrons. The van der Waals surface area contributed by atoms with Crippen molar-refractivity contribution >= 4 is 0 Å². The molecule has 0 aliphatic carbocycles. The minimum absolute atomic E-state index is 0.0752. The lowest BCUT2D eigenvalue weighted by molar-refractivity contribution is -0.139. The van der Waals surface area contributed by atoms with Gasteiger partial charge in [0.25, 0.3) is 0 Å². The number of rotatable bonds is 10. The molecule has 1 aromatic rings. The van der Waals surface area contributed by atoms with Crippen molar-refractivity contribution in [2.24, 2.45) is 5.73 Å². The number of alkyl halides is 3. The Morgan fingerprint density at radius 3 is 2.29 bits per heavy atom. The van der Waals surface area contributed by atoms with Crippen molar-refractivity contribution in [3.8, 4) is 5.75 Å².